The largest absolute Gasteiger partial charge is 0.460 e. The van der Waals surface area contributed by atoms with Crippen LogP contribution < -0.4 is 15.9 Å². The molecule has 0 aliphatic carbocycles. The Morgan fingerprint density at radius 1 is 0.276 bits per heavy atom. The van der Waals surface area contributed by atoms with Gasteiger partial charge in [-0.15, -0.1) is 0 Å². The van der Waals surface area contributed by atoms with E-state index in [2.05, 4.69) is 0 Å². The Bertz CT molecular complexity index is 1860. The summed E-state index contributed by atoms with van der Waals surface area (Å²) < 4.78 is 369. The summed E-state index contributed by atoms with van der Waals surface area (Å²) in [5.41, 5.74) is -5.17. The molecule has 3 rings (SSSR count). The van der Waals surface area contributed by atoms with Crippen LogP contribution in [-0.2, 0) is 16.4 Å². The Morgan fingerprint density at radius 3 is 0.741 bits per heavy atom. The maximum atomic E-state index is 14.8. The molecule has 0 aromatic heterocycles. The first-order chi connectivity index (χ1) is 25.5. The van der Waals surface area contributed by atoms with Crippen LogP contribution in [0.15, 0.2) is 78.9 Å². The molecule has 0 N–H and O–H groups in total. The van der Waals surface area contributed by atoms with Gasteiger partial charge in [-0.25, -0.2) is 0 Å². The lowest BCUT2D eigenvalue weighted by atomic mass is 9.90. The maximum absolute atomic E-state index is 14.8. The van der Waals surface area contributed by atoms with Crippen molar-refractivity contribution in [3.05, 3.63) is 90.0 Å². The van der Waals surface area contributed by atoms with E-state index in [1.807, 2.05) is 0 Å². The molecule has 0 saturated carbocycles. The predicted octanol–water partition coefficient (Wildman–Crippen LogP) is 11.7. The van der Waals surface area contributed by atoms with E-state index in [4.69, 9.17) is 0 Å². The van der Waals surface area contributed by atoms with Crippen LogP contribution in [0.4, 0.5) is 114 Å². The Morgan fingerprint density at radius 2 is 0.500 bits per heavy atom. The summed E-state index contributed by atoms with van der Waals surface area (Å²) in [5, 5.41) is -2.72. The number of rotatable bonds is 13. The first-order valence-electron chi connectivity index (χ1n) is 14.3. The second-order valence-electron chi connectivity index (χ2n) is 11.8. The van der Waals surface area contributed by atoms with Gasteiger partial charge in [0.2, 0.25) is 0 Å². The highest BCUT2D eigenvalue weighted by molar-refractivity contribution is 7.85. The van der Waals surface area contributed by atoms with Crippen molar-refractivity contribution < 1.29 is 119 Å². The molecule has 3 aromatic rings. The average Bonchev–Trinajstić information content (AvgIpc) is 3.10. The molecule has 0 atom stereocenters. The van der Waals surface area contributed by atoms with Crippen LogP contribution in [0.5, 0.6) is 0 Å². The van der Waals surface area contributed by atoms with Gasteiger partial charge in [0.05, 0.1) is 0 Å². The Kier molecular flexibility index (Phi) is 11.5. The molecule has 0 spiro atoms. The summed E-state index contributed by atoms with van der Waals surface area (Å²) in [4.78, 5) is 0. The molecule has 0 aliphatic rings. The number of alkyl halides is 26. The van der Waals surface area contributed by atoms with E-state index in [9.17, 15) is 119 Å². The third kappa shape index (κ3) is 6.54. The van der Waals surface area contributed by atoms with Crippen molar-refractivity contribution in [1.29, 1.82) is 0 Å². The lowest BCUT2D eigenvalue weighted by Crippen LogP contribution is -2.69. The zero-order valence-corrected chi connectivity index (χ0v) is 27.6. The number of hydrogen-bond donors (Lipinski definition) is 0. The molecule has 0 heterocycles. The fourth-order valence-electron chi connectivity index (χ4n) is 4.75. The van der Waals surface area contributed by atoms with Gasteiger partial charge in [-0.1, -0.05) is 78.9 Å². The third-order valence-electron chi connectivity index (χ3n) is 8.17. The number of benzene rings is 3. The topological polar surface area (TPSA) is 17.1 Å². The van der Waals surface area contributed by atoms with Crippen LogP contribution in [0.3, 0.4) is 0 Å². The molecule has 326 valence electrons. The first kappa shape index (κ1) is 48.4. The average molecular weight is 914 g/mol. The van der Waals surface area contributed by atoms with Crippen LogP contribution in [0.2, 0.25) is 0 Å². The van der Waals surface area contributed by atoms with Gasteiger partial charge in [0, 0.05) is 27.0 Å². The minimum absolute atomic E-state index is 0.0200. The second kappa shape index (κ2) is 13.8. The highest BCUT2D eigenvalue weighted by Gasteiger charge is 2.92. The zero-order chi connectivity index (χ0) is 45.6. The molecule has 1 nitrogen and oxygen atoms in total. The van der Waals surface area contributed by atoms with E-state index < -0.39 is 130 Å². The molecule has 3 aromatic carbocycles. The lowest BCUT2D eigenvalue weighted by molar-refractivity contribution is -0.441. The van der Waals surface area contributed by atoms with Gasteiger partial charge in [-0.05, 0) is 0 Å². The molecule has 0 radical (unpaired) electrons. The van der Waals surface area contributed by atoms with Crippen LogP contribution in [0.25, 0.3) is 0 Å². The van der Waals surface area contributed by atoms with E-state index in [-0.39, 0.29) is 24.3 Å². The smallest absolute Gasteiger partial charge is 0.309 e. The zero-order valence-electron chi connectivity index (χ0n) is 26.7. The lowest BCUT2D eigenvalue weighted by Gasteiger charge is -2.39. The van der Waals surface area contributed by atoms with Gasteiger partial charge in [0.1, 0.15) is 0 Å². The molecule has 0 fully saturated rings. The van der Waals surface area contributed by atoms with E-state index >= 15 is 0 Å². The molecule has 0 amide bonds. The highest BCUT2D eigenvalue weighted by Crippen LogP contribution is 2.64. The second-order valence-corrected chi connectivity index (χ2v) is 14.5. The van der Waals surface area contributed by atoms with Crippen LogP contribution >= 0.6 is 7.14 Å². The van der Waals surface area contributed by atoms with E-state index in [1.54, 1.807) is 0 Å². The molecular weight excluding hydrogens is 901 g/mol. The van der Waals surface area contributed by atoms with Gasteiger partial charge in [-0.3, -0.25) is 0 Å². The fourth-order valence-corrected chi connectivity index (χ4v) is 7.37. The Labute approximate surface area is 304 Å². The third-order valence-corrected chi connectivity index (χ3v) is 11.2. The van der Waals surface area contributed by atoms with Crippen LogP contribution in [0.1, 0.15) is 11.1 Å². The molecule has 0 saturated heterocycles. The first-order valence-corrected chi connectivity index (χ1v) is 16.0. The van der Waals surface area contributed by atoms with Crippen molar-refractivity contribution in [2.24, 2.45) is 0 Å². The van der Waals surface area contributed by atoms with E-state index in [0.717, 1.165) is 30.3 Å². The summed E-state index contributed by atoms with van der Waals surface area (Å²) in [6.07, 6.45) is -15.4. The Balaban J connectivity index is 2.17. The molecule has 28 heteroatoms. The molecule has 0 aliphatic heterocycles. The van der Waals surface area contributed by atoms with Crippen molar-refractivity contribution in [2.75, 3.05) is 0 Å². The molecule has 0 unspecified atom stereocenters. The summed E-state index contributed by atoms with van der Waals surface area (Å²) in [6, 6.07) is 2.84. The van der Waals surface area contributed by atoms with Crippen molar-refractivity contribution in [1.82, 2.24) is 0 Å². The SMILES string of the molecule is O=P(c1ccccc1)(c1ccc(C(F)(F)C(F)(F)C(F)(F)C(F)(F)C(F)(F)C(F)(F)F)cc1)c1ccc(C(F)(F)C(F)(F)C(F)(F)C(F)(F)C(F)(F)C(F)(F)F)cc1. The monoisotopic (exact) mass is 914 g/mol. The molecular formula is C30H13F26OP. The van der Waals surface area contributed by atoms with E-state index in [1.165, 1.54) is 0 Å². The van der Waals surface area contributed by atoms with Crippen molar-refractivity contribution in [3.63, 3.8) is 0 Å². The van der Waals surface area contributed by atoms with Gasteiger partial charge in [0.25, 0.3) is 0 Å². The van der Waals surface area contributed by atoms with Crippen molar-refractivity contribution in [3.8, 4) is 0 Å². The summed E-state index contributed by atoms with van der Waals surface area (Å²) in [6.45, 7) is 0. The van der Waals surface area contributed by atoms with Crippen molar-refractivity contribution >= 4 is 23.1 Å². The van der Waals surface area contributed by atoms with Gasteiger partial charge >= 0.3 is 71.6 Å². The summed E-state index contributed by atoms with van der Waals surface area (Å²) >= 11 is 0. The summed E-state index contributed by atoms with van der Waals surface area (Å²) in [7, 11) is -5.05. The van der Waals surface area contributed by atoms with Gasteiger partial charge < -0.3 is 4.57 Å². The minimum Gasteiger partial charge on any atom is -0.309 e. The van der Waals surface area contributed by atoms with Crippen LogP contribution in [-0.4, -0.2) is 59.7 Å². The van der Waals surface area contributed by atoms with Crippen LogP contribution in [0, 0.1) is 0 Å². The normalized spacial score (nSPS) is 15.5. The quantitative estimate of drug-likeness (QED) is 0.123. The fraction of sp³-hybridized carbons (Fsp3) is 0.400. The number of hydrogen-bond acceptors (Lipinski definition) is 1. The Hall–Kier alpha value is -3.93. The summed E-state index contributed by atoms with van der Waals surface area (Å²) in [5.74, 6) is -78.4. The standard InChI is InChI=1S/C30H13F26OP/c31-19(32,21(35,36)23(39,40)25(43,44)27(47,48)29(51,52)53)14-6-10-17(11-7-14)58(57,16-4-2-1-3-5-16)18-12-8-15(9-13-18)20(33,34)22(37,38)24(41,42)26(45,46)28(49,50)30(54,55)56/h1-13H. The van der Waals surface area contributed by atoms with Crippen molar-refractivity contribution in [2.45, 2.75) is 71.6 Å². The molecule has 0 bridgehead atoms. The maximum Gasteiger partial charge on any atom is 0.460 e. The van der Waals surface area contributed by atoms with E-state index in [0.29, 0.717) is 0 Å². The van der Waals surface area contributed by atoms with Gasteiger partial charge in [-0.2, -0.15) is 114 Å². The number of halogens is 26. The predicted molar refractivity (Wildman–Crippen MR) is 145 cm³/mol. The van der Waals surface area contributed by atoms with Gasteiger partial charge in [0.15, 0.2) is 7.14 Å². The molecule has 58 heavy (non-hydrogen) atoms. The highest BCUT2D eigenvalue weighted by atomic mass is 31.2. The minimum atomic E-state index is -8.27.